The van der Waals surface area contributed by atoms with E-state index in [1.807, 2.05) is 48.5 Å². The van der Waals surface area contributed by atoms with Gasteiger partial charge in [0.15, 0.2) is 40.6 Å². The zero-order valence-corrected chi connectivity index (χ0v) is 35.4. The van der Waals surface area contributed by atoms with Crippen LogP contribution < -0.4 is 48.5 Å². The van der Waals surface area contributed by atoms with E-state index < -0.39 is 6.17 Å². The van der Waals surface area contributed by atoms with Gasteiger partial charge in [-0.25, -0.2) is 0 Å². The van der Waals surface area contributed by atoms with Gasteiger partial charge in [0.25, 0.3) is 5.91 Å². The summed E-state index contributed by atoms with van der Waals surface area (Å²) in [7, 11) is 9.60. The van der Waals surface area contributed by atoms with E-state index in [0.29, 0.717) is 76.2 Å². The molecule has 0 saturated carbocycles. The van der Waals surface area contributed by atoms with Crippen LogP contribution in [0.3, 0.4) is 0 Å². The van der Waals surface area contributed by atoms with E-state index in [1.54, 1.807) is 54.8 Å². The number of halogens is 1. The maximum absolute atomic E-state index is 12.7. The van der Waals surface area contributed by atoms with Crippen LogP contribution in [-0.4, -0.2) is 67.5 Å². The second-order valence-electron chi connectivity index (χ2n) is 14.2. The molecule has 0 radical (unpaired) electrons. The molecule has 0 aromatic heterocycles. The topological polar surface area (TPSA) is 137 Å². The van der Waals surface area contributed by atoms with Crippen LogP contribution in [0.25, 0.3) is 0 Å². The molecule has 14 heteroatoms. The van der Waals surface area contributed by atoms with Crippen LogP contribution in [0.15, 0.2) is 65.8 Å². The number of unbranched alkanes of at least 4 members (excludes halogenated alkanes) is 7. The van der Waals surface area contributed by atoms with Gasteiger partial charge < -0.3 is 53.4 Å². The zero-order valence-electron chi connectivity index (χ0n) is 34.6. The number of benzene rings is 4. The fraction of sp³-hybridized carbons (Fsp3) is 0.422. The van der Waals surface area contributed by atoms with Crippen LogP contribution in [0.2, 0.25) is 5.02 Å². The minimum Gasteiger partial charge on any atom is -0.493 e. The summed E-state index contributed by atoms with van der Waals surface area (Å²) in [5.74, 6) is 4.45. The van der Waals surface area contributed by atoms with Crippen LogP contribution in [0, 0.1) is 0 Å². The Balaban J connectivity index is 0.877. The largest absolute Gasteiger partial charge is 0.493 e. The van der Waals surface area contributed by atoms with E-state index in [1.165, 1.54) is 12.8 Å². The Morgan fingerprint density at radius 2 is 1.19 bits per heavy atom. The number of ether oxygens (including phenoxy) is 8. The standard InChI is InChI=1S/C45H54ClN3O10/c1-51-37-21-28(44-47-33-17-16-31(46)26-32(33)45(50)48-44)15-18-35(37)57-19-13-11-9-7-8-10-12-14-20-58-43-40(54-4)22-29(23-41(43)55-5)34-27-36(59-49-34)30-24-38(52-2)42(56-6)39(25-30)53-3/h15-18,21-26,36,44,47H,7-14,19-20,27H2,1-6H3,(H,48,50). The summed E-state index contributed by atoms with van der Waals surface area (Å²) in [6.07, 6.45) is 8.45. The number of oxime groups is 1. The molecule has 1 amide bonds. The second kappa shape index (κ2) is 20.8. The van der Waals surface area contributed by atoms with Crippen LogP contribution in [0.5, 0.6) is 46.0 Å². The third kappa shape index (κ3) is 10.5. The first-order chi connectivity index (χ1) is 28.8. The molecule has 2 atom stereocenters. The number of carbonyl (C=O) groups is 1. The molecule has 4 aromatic rings. The van der Waals surface area contributed by atoms with Crippen molar-refractivity contribution >= 4 is 28.9 Å². The van der Waals surface area contributed by atoms with Crippen molar-refractivity contribution in [1.29, 1.82) is 0 Å². The van der Waals surface area contributed by atoms with Gasteiger partial charge in [0.05, 0.1) is 67.1 Å². The molecule has 0 aliphatic carbocycles. The average molecular weight is 832 g/mol. The first kappa shape index (κ1) is 42.9. The predicted octanol–water partition coefficient (Wildman–Crippen LogP) is 9.69. The molecule has 2 unspecified atom stereocenters. The average Bonchev–Trinajstić information content (AvgIpc) is 3.77. The van der Waals surface area contributed by atoms with E-state index in [-0.39, 0.29) is 12.0 Å². The molecule has 0 saturated heterocycles. The highest BCUT2D eigenvalue weighted by Gasteiger charge is 2.29. The number of hydrogen-bond donors (Lipinski definition) is 2. The van der Waals surface area contributed by atoms with Gasteiger partial charge >= 0.3 is 0 Å². The Morgan fingerprint density at radius 1 is 0.610 bits per heavy atom. The number of methoxy groups -OCH3 is 6. The van der Waals surface area contributed by atoms with Gasteiger partial charge in [-0.2, -0.15) is 0 Å². The van der Waals surface area contributed by atoms with Crippen molar-refractivity contribution < 1.29 is 47.5 Å². The Hall–Kier alpha value is -5.69. The number of rotatable bonds is 22. The smallest absolute Gasteiger partial charge is 0.255 e. The molecule has 2 heterocycles. The lowest BCUT2D eigenvalue weighted by Crippen LogP contribution is -2.38. The fourth-order valence-corrected chi connectivity index (χ4v) is 7.38. The van der Waals surface area contributed by atoms with Crippen molar-refractivity contribution in [3.63, 3.8) is 0 Å². The predicted molar refractivity (Wildman–Crippen MR) is 227 cm³/mol. The minimum atomic E-state index is -0.399. The Morgan fingerprint density at radius 3 is 1.80 bits per heavy atom. The maximum atomic E-state index is 12.7. The number of nitrogens with zero attached hydrogens (tertiary/aromatic N) is 1. The third-order valence-corrected chi connectivity index (χ3v) is 10.6. The highest BCUT2D eigenvalue weighted by atomic mass is 35.5. The van der Waals surface area contributed by atoms with Crippen molar-refractivity contribution in [1.82, 2.24) is 5.32 Å². The number of amides is 1. The zero-order chi connectivity index (χ0) is 41.7. The molecule has 0 fully saturated rings. The monoisotopic (exact) mass is 831 g/mol. The Labute approximate surface area is 351 Å². The Kier molecular flexibility index (Phi) is 15.1. The van der Waals surface area contributed by atoms with Crippen molar-refractivity contribution in [2.24, 2.45) is 5.16 Å². The molecule has 2 N–H and O–H groups in total. The summed E-state index contributed by atoms with van der Waals surface area (Å²) >= 11 is 6.07. The van der Waals surface area contributed by atoms with E-state index in [2.05, 4.69) is 15.8 Å². The molecule has 4 aromatic carbocycles. The van der Waals surface area contributed by atoms with Gasteiger partial charge in [-0.05, 0) is 73.0 Å². The molecule has 0 spiro atoms. The summed E-state index contributed by atoms with van der Waals surface area (Å²) in [5, 5.41) is 11.2. The molecule has 2 aliphatic rings. The van der Waals surface area contributed by atoms with E-state index in [4.69, 9.17) is 54.3 Å². The molecule has 59 heavy (non-hydrogen) atoms. The molecule has 6 rings (SSSR count). The molecule has 2 aliphatic heterocycles. The highest BCUT2D eigenvalue weighted by molar-refractivity contribution is 6.31. The van der Waals surface area contributed by atoms with Crippen molar-refractivity contribution in [2.45, 2.75) is 70.1 Å². The van der Waals surface area contributed by atoms with Gasteiger partial charge in [-0.3, -0.25) is 4.79 Å². The normalized spacial score (nSPS) is 15.5. The van der Waals surface area contributed by atoms with E-state index in [9.17, 15) is 4.79 Å². The summed E-state index contributed by atoms with van der Waals surface area (Å²) in [5.41, 5.74) is 4.55. The summed E-state index contributed by atoms with van der Waals surface area (Å²) in [6.45, 7) is 1.15. The molecule has 13 nitrogen and oxygen atoms in total. The number of carbonyl (C=O) groups excluding carboxylic acids is 1. The van der Waals surface area contributed by atoms with Crippen LogP contribution >= 0.6 is 11.6 Å². The van der Waals surface area contributed by atoms with E-state index >= 15 is 0 Å². The van der Waals surface area contributed by atoms with E-state index in [0.717, 1.165) is 66.6 Å². The fourth-order valence-electron chi connectivity index (χ4n) is 7.20. The SMILES string of the molecule is COc1cc(C2NC(=O)c3cc(Cl)ccc3N2)ccc1OCCCCCCCCCCOc1c(OC)cc(C2=NOC(c3cc(OC)c(OC)c(OC)c3)C2)cc1OC. The van der Waals surface area contributed by atoms with Gasteiger partial charge in [0.1, 0.15) is 6.17 Å². The van der Waals surface area contributed by atoms with Gasteiger partial charge in [0.2, 0.25) is 11.5 Å². The van der Waals surface area contributed by atoms with Crippen LogP contribution in [-0.2, 0) is 4.84 Å². The second-order valence-corrected chi connectivity index (χ2v) is 14.6. The summed E-state index contributed by atoms with van der Waals surface area (Å²) < 4.78 is 45.9. The van der Waals surface area contributed by atoms with Crippen molar-refractivity contribution in [3.05, 3.63) is 87.9 Å². The molecule has 316 valence electrons. The van der Waals surface area contributed by atoms with Crippen molar-refractivity contribution in [2.75, 3.05) is 61.2 Å². The number of nitrogens with one attached hydrogen (secondary N) is 2. The van der Waals surface area contributed by atoms with Crippen LogP contribution in [0.4, 0.5) is 5.69 Å². The summed E-state index contributed by atoms with van der Waals surface area (Å²) in [4.78, 5) is 18.5. The summed E-state index contributed by atoms with van der Waals surface area (Å²) in [6, 6.07) is 18.5. The first-order valence-corrected chi connectivity index (χ1v) is 20.3. The number of anilines is 1. The molecular formula is C45H54ClN3O10. The van der Waals surface area contributed by atoms with Crippen LogP contribution in [0.1, 0.15) is 97.1 Å². The van der Waals surface area contributed by atoms with Crippen molar-refractivity contribution in [3.8, 4) is 46.0 Å². The first-order valence-electron chi connectivity index (χ1n) is 19.9. The minimum absolute atomic E-state index is 0.183. The lowest BCUT2D eigenvalue weighted by molar-refractivity contribution is 0.0853. The van der Waals surface area contributed by atoms with Gasteiger partial charge in [0, 0.05) is 28.3 Å². The number of fused-ring (bicyclic) bond motifs is 1. The third-order valence-electron chi connectivity index (χ3n) is 10.4. The number of hydrogen-bond acceptors (Lipinski definition) is 12. The van der Waals surface area contributed by atoms with Gasteiger partial charge in [-0.15, -0.1) is 0 Å². The van der Waals surface area contributed by atoms with Gasteiger partial charge in [-0.1, -0.05) is 61.3 Å². The Bertz CT molecular complexity index is 2040. The highest BCUT2D eigenvalue weighted by Crippen LogP contribution is 2.44. The molecular weight excluding hydrogens is 778 g/mol. The maximum Gasteiger partial charge on any atom is 0.255 e. The quantitative estimate of drug-likeness (QED) is 0.0733. The lowest BCUT2D eigenvalue weighted by Gasteiger charge is -2.28. The lowest BCUT2D eigenvalue weighted by atomic mass is 9.99. The molecule has 0 bridgehead atoms.